The minimum Gasteiger partial charge on any atom is -0.301 e. The fourth-order valence-corrected chi connectivity index (χ4v) is 1.39. The molecule has 0 saturated heterocycles. The van der Waals surface area contributed by atoms with Crippen molar-refractivity contribution in [3.05, 3.63) is 0 Å². The third kappa shape index (κ3) is 14.9. The van der Waals surface area contributed by atoms with Gasteiger partial charge < -0.3 is 4.99 Å². The lowest BCUT2D eigenvalue weighted by molar-refractivity contribution is 0.439. The van der Waals surface area contributed by atoms with Crippen LogP contribution in [0.2, 0.25) is 0 Å². The Kier molecular flexibility index (Phi) is 11.5. The Balaban J connectivity index is 0. The smallest absolute Gasteiger partial charge is 0.0683 e. The lowest BCUT2D eigenvalue weighted by atomic mass is 9.90. The first-order chi connectivity index (χ1) is 8.74. The quantitative estimate of drug-likeness (QED) is 0.390. The van der Waals surface area contributed by atoms with Crippen LogP contribution >= 0.6 is 11.6 Å². The van der Waals surface area contributed by atoms with E-state index < -0.39 is 0 Å². The average Bonchev–Trinajstić information content (AvgIpc) is 2.37. The Hall–Kier alpha value is -1.06. The maximum atomic E-state index is 8.60. The molecule has 0 bridgehead atoms. The van der Waals surface area contributed by atoms with E-state index in [-0.39, 0.29) is 10.8 Å². The first-order valence-electron chi connectivity index (χ1n) is 6.55. The second-order valence-corrected chi connectivity index (χ2v) is 6.21. The Morgan fingerprint density at radius 2 is 1.42 bits per heavy atom. The fraction of sp³-hybridized carbons (Fsp3) is 0.800. The zero-order valence-electron chi connectivity index (χ0n) is 12.7. The SMILES string of the molecule is C=NCCCC(C)(C)C#N.CC(C)(C#N)CCCCl. The molecule has 0 aromatic heterocycles. The standard InChI is InChI=1S/C8H14N2.C7H12ClN/c1-8(2,7-9)5-4-6-10-3;1-7(2,6-9)4-3-5-8/h3-6H2,1-2H3;3-5H2,1-2H3. The highest BCUT2D eigenvalue weighted by Crippen LogP contribution is 2.20. The second kappa shape index (κ2) is 10.8. The molecule has 0 aliphatic heterocycles. The van der Waals surface area contributed by atoms with Crippen molar-refractivity contribution >= 4 is 18.3 Å². The minimum atomic E-state index is -0.190. The lowest BCUT2D eigenvalue weighted by Gasteiger charge is -2.12. The molecule has 0 aromatic rings. The van der Waals surface area contributed by atoms with E-state index in [1.165, 1.54) is 0 Å². The Labute approximate surface area is 123 Å². The van der Waals surface area contributed by atoms with Gasteiger partial charge in [-0.3, -0.25) is 0 Å². The van der Waals surface area contributed by atoms with E-state index in [9.17, 15) is 0 Å². The summed E-state index contributed by atoms with van der Waals surface area (Å²) in [6.07, 6.45) is 3.70. The van der Waals surface area contributed by atoms with Crippen molar-refractivity contribution in [2.45, 2.75) is 53.4 Å². The maximum Gasteiger partial charge on any atom is 0.0683 e. The predicted octanol–water partition coefficient (Wildman–Crippen LogP) is 4.57. The summed E-state index contributed by atoms with van der Waals surface area (Å²) in [6.45, 7) is 11.9. The van der Waals surface area contributed by atoms with Gasteiger partial charge in [0, 0.05) is 12.4 Å². The van der Waals surface area contributed by atoms with E-state index in [0.717, 1.165) is 32.2 Å². The van der Waals surface area contributed by atoms with Gasteiger partial charge in [-0.1, -0.05) is 0 Å². The van der Waals surface area contributed by atoms with Gasteiger partial charge in [0.2, 0.25) is 0 Å². The molecule has 19 heavy (non-hydrogen) atoms. The molecule has 4 heteroatoms. The van der Waals surface area contributed by atoms with Gasteiger partial charge in [-0.15, -0.1) is 11.6 Å². The number of alkyl halides is 1. The normalized spacial score (nSPS) is 10.7. The van der Waals surface area contributed by atoms with E-state index in [1.54, 1.807) is 0 Å². The molecule has 3 nitrogen and oxygen atoms in total. The summed E-state index contributed by atoms with van der Waals surface area (Å²) in [4.78, 5) is 3.71. The van der Waals surface area contributed by atoms with Gasteiger partial charge in [0.15, 0.2) is 0 Å². The number of rotatable bonds is 7. The van der Waals surface area contributed by atoms with Gasteiger partial charge in [0.05, 0.1) is 23.0 Å². The number of hydrogen-bond acceptors (Lipinski definition) is 3. The molecule has 0 radical (unpaired) electrons. The first-order valence-corrected chi connectivity index (χ1v) is 7.09. The number of aliphatic imine (C=N–C) groups is 1. The summed E-state index contributed by atoms with van der Waals surface area (Å²) in [6, 6.07) is 4.46. The van der Waals surface area contributed by atoms with E-state index in [0.29, 0.717) is 5.88 Å². The van der Waals surface area contributed by atoms with Crippen molar-refractivity contribution in [2.24, 2.45) is 15.8 Å². The predicted molar refractivity (Wildman–Crippen MR) is 82.4 cm³/mol. The van der Waals surface area contributed by atoms with Crippen LogP contribution in [0.4, 0.5) is 0 Å². The van der Waals surface area contributed by atoms with Gasteiger partial charge >= 0.3 is 0 Å². The molecule has 0 fully saturated rings. The van der Waals surface area contributed by atoms with Crippen molar-refractivity contribution in [1.82, 2.24) is 0 Å². The van der Waals surface area contributed by atoms with Crippen LogP contribution in [0.25, 0.3) is 0 Å². The Morgan fingerprint density at radius 3 is 1.74 bits per heavy atom. The summed E-state index contributed by atoms with van der Waals surface area (Å²) in [5.74, 6) is 0.658. The molecule has 0 N–H and O–H groups in total. The number of nitrogens with zero attached hydrogens (tertiary/aromatic N) is 3. The van der Waals surface area contributed by atoms with Crippen molar-refractivity contribution in [3.8, 4) is 12.1 Å². The molecule has 0 unspecified atom stereocenters. The largest absolute Gasteiger partial charge is 0.301 e. The third-order valence-corrected chi connectivity index (χ3v) is 2.93. The monoisotopic (exact) mass is 283 g/mol. The molecular weight excluding hydrogens is 258 g/mol. The molecule has 0 aromatic carbocycles. The van der Waals surface area contributed by atoms with Crippen LogP contribution in [0.3, 0.4) is 0 Å². The average molecular weight is 284 g/mol. The van der Waals surface area contributed by atoms with Crippen LogP contribution in [0.15, 0.2) is 4.99 Å². The zero-order chi connectivity index (χ0) is 15.4. The minimum absolute atomic E-state index is 0.186. The van der Waals surface area contributed by atoms with Crippen LogP contribution in [-0.2, 0) is 0 Å². The number of hydrogen-bond donors (Lipinski definition) is 0. The van der Waals surface area contributed by atoms with Crippen LogP contribution in [0, 0.1) is 33.5 Å². The van der Waals surface area contributed by atoms with E-state index in [2.05, 4.69) is 23.8 Å². The maximum absolute atomic E-state index is 8.60. The summed E-state index contributed by atoms with van der Waals surface area (Å²) in [5.41, 5.74) is -0.375. The molecule has 0 spiro atoms. The number of nitriles is 2. The summed E-state index contributed by atoms with van der Waals surface area (Å²) in [7, 11) is 0. The molecule has 0 amide bonds. The number of halogens is 1. The van der Waals surface area contributed by atoms with Crippen molar-refractivity contribution in [3.63, 3.8) is 0 Å². The highest BCUT2D eigenvalue weighted by molar-refractivity contribution is 6.17. The van der Waals surface area contributed by atoms with Crippen LogP contribution < -0.4 is 0 Å². The van der Waals surface area contributed by atoms with E-state index in [4.69, 9.17) is 22.1 Å². The fourth-order valence-electron chi connectivity index (χ4n) is 1.25. The first kappa shape index (κ1) is 20.3. The van der Waals surface area contributed by atoms with Crippen molar-refractivity contribution < 1.29 is 0 Å². The van der Waals surface area contributed by atoms with Gasteiger partial charge in [-0.25, -0.2) is 0 Å². The lowest BCUT2D eigenvalue weighted by Crippen LogP contribution is -2.07. The highest BCUT2D eigenvalue weighted by atomic mass is 35.5. The van der Waals surface area contributed by atoms with Crippen molar-refractivity contribution in [2.75, 3.05) is 12.4 Å². The zero-order valence-corrected chi connectivity index (χ0v) is 13.4. The third-order valence-electron chi connectivity index (χ3n) is 2.66. The highest BCUT2D eigenvalue weighted by Gasteiger charge is 2.15. The molecule has 0 rings (SSSR count). The molecule has 0 atom stereocenters. The van der Waals surface area contributed by atoms with Crippen LogP contribution in [0.1, 0.15) is 53.4 Å². The molecule has 0 aliphatic rings. The second-order valence-electron chi connectivity index (χ2n) is 5.83. The topological polar surface area (TPSA) is 59.9 Å². The molecular formula is C15H26ClN3. The van der Waals surface area contributed by atoms with E-state index in [1.807, 2.05) is 27.7 Å². The van der Waals surface area contributed by atoms with Gasteiger partial charge in [-0.05, 0) is 60.1 Å². The molecule has 0 aliphatic carbocycles. The van der Waals surface area contributed by atoms with E-state index >= 15 is 0 Å². The van der Waals surface area contributed by atoms with Crippen LogP contribution in [0.5, 0.6) is 0 Å². The summed E-state index contributed by atoms with van der Waals surface area (Å²) >= 11 is 5.46. The van der Waals surface area contributed by atoms with Crippen LogP contribution in [-0.4, -0.2) is 19.1 Å². The summed E-state index contributed by atoms with van der Waals surface area (Å²) in [5, 5.41) is 17.1. The molecule has 108 valence electrons. The van der Waals surface area contributed by atoms with Crippen molar-refractivity contribution in [1.29, 1.82) is 10.5 Å². The van der Waals surface area contributed by atoms with Gasteiger partial charge in [0.1, 0.15) is 0 Å². The Morgan fingerprint density at radius 1 is 1.00 bits per heavy atom. The molecule has 0 saturated carbocycles. The molecule has 0 heterocycles. The Bertz CT molecular complexity index is 321. The van der Waals surface area contributed by atoms with Gasteiger partial charge in [0.25, 0.3) is 0 Å². The summed E-state index contributed by atoms with van der Waals surface area (Å²) < 4.78 is 0. The van der Waals surface area contributed by atoms with Gasteiger partial charge in [-0.2, -0.15) is 10.5 Å².